The fraction of sp³-hybridized carbons (Fsp3) is 0.261. The van der Waals surface area contributed by atoms with E-state index < -0.39 is 17.8 Å². The zero-order valence-corrected chi connectivity index (χ0v) is 15.7. The number of carbonyl (C=O) groups is 3. The fourth-order valence-corrected chi connectivity index (χ4v) is 4.33. The Balaban J connectivity index is 1.37. The van der Waals surface area contributed by atoms with Gasteiger partial charge in [0.15, 0.2) is 0 Å². The summed E-state index contributed by atoms with van der Waals surface area (Å²) in [5, 5.41) is 15.2. The van der Waals surface area contributed by atoms with Crippen molar-refractivity contribution in [1.82, 2.24) is 5.32 Å². The molecule has 4 rings (SSSR count). The van der Waals surface area contributed by atoms with Crippen LogP contribution in [-0.4, -0.2) is 22.9 Å². The molecule has 0 heterocycles. The first kappa shape index (κ1) is 18.9. The van der Waals surface area contributed by atoms with Crippen molar-refractivity contribution >= 4 is 23.5 Å². The largest absolute Gasteiger partial charge is 0.481 e. The van der Waals surface area contributed by atoms with Gasteiger partial charge in [-0.15, -0.1) is 0 Å². The second kappa shape index (κ2) is 7.91. The number of carbonyl (C=O) groups excluding carboxylic acids is 2. The summed E-state index contributed by atoms with van der Waals surface area (Å²) in [6.07, 6.45) is 4.58. The van der Waals surface area contributed by atoms with Gasteiger partial charge in [0.25, 0.3) is 5.91 Å². The lowest BCUT2D eigenvalue weighted by molar-refractivity contribution is -0.146. The van der Waals surface area contributed by atoms with Crippen LogP contribution in [0.1, 0.15) is 22.3 Å². The van der Waals surface area contributed by atoms with E-state index in [4.69, 9.17) is 0 Å². The van der Waals surface area contributed by atoms with Gasteiger partial charge in [0.1, 0.15) is 0 Å². The standard InChI is InChI=1S/C23H22N2O4/c26-21(24-13-14-4-2-1-3-5-14)15-8-10-18(11-9-15)25-22(27)19-16-6-7-17(12-16)20(19)23(28)29/h1-11,16-17,19-20H,12-13H2,(H,24,26)(H,25,27)(H,28,29). The van der Waals surface area contributed by atoms with E-state index in [1.54, 1.807) is 24.3 Å². The third-order valence-corrected chi connectivity index (χ3v) is 5.76. The van der Waals surface area contributed by atoms with E-state index in [0.717, 1.165) is 12.0 Å². The lowest BCUT2D eigenvalue weighted by Gasteiger charge is -2.23. The van der Waals surface area contributed by atoms with Crippen LogP contribution in [0.3, 0.4) is 0 Å². The summed E-state index contributed by atoms with van der Waals surface area (Å²) in [6, 6.07) is 16.2. The number of aliphatic carboxylic acids is 1. The first-order valence-corrected chi connectivity index (χ1v) is 9.67. The van der Waals surface area contributed by atoms with Gasteiger partial charge in [-0.2, -0.15) is 0 Å². The Labute approximate surface area is 168 Å². The first-order valence-electron chi connectivity index (χ1n) is 9.67. The first-order chi connectivity index (χ1) is 14.0. The van der Waals surface area contributed by atoms with Crippen LogP contribution in [0.4, 0.5) is 5.69 Å². The number of hydrogen-bond donors (Lipinski definition) is 3. The molecular weight excluding hydrogens is 368 g/mol. The highest BCUT2D eigenvalue weighted by molar-refractivity contribution is 5.98. The second-order valence-electron chi connectivity index (χ2n) is 7.57. The molecule has 0 aromatic heterocycles. The number of allylic oxidation sites excluding steroid dienone is 2. The molecule has 29 heavy (non-hydrogen) atoms. The zero-order valence-electron chi connectivity index (χ0n) is 15.7. The summed E-state index contributed by atoms with van der Waals surface area (Å²) >= 11 is 0. The predicted molar refractivity (Wildman–Crippen MR) is 108 cm³/mol. The highest BCUT2D eigenvalue weighted by atomic mass is 16.4. The van der Waals surface area contributed by atoms with E-state index in [9.17, 15) is 19.5 Å². The number of benzene rings is 2. The van der Waals surface area contributed by atoms with E-state index >= 15 is 0 Å². The average Bonchev–Trinajstić information content (AvgIpc) is 3.35. The highest BCUT2D eigenvalue weighted by Crippen LogP contribution is 2.48. The van der Waals surface area contributed by atoms with Crippen molar-refractivity contribution in [1.29, 1.82) is 0 Å². The van der Waals surface area contributed by atoms with Gasteiger partial charge in [-0.05, 0) is 48.1 Å². The summed E-state index contributed by atoms with van der Waals surface area (Å²) < 4.78 is 0. The van der Waals surface area contributed by atoms with E-state index in [0.29, 0.717) is 17.8 Å². The van der Waals surface area contributed by atoms with Crippen LogP contribution in [0.25, 0.3) is 0 Å². The van der Waals surface area contributed by atoms with Gasteiger partial charge < -0.3 is 15.7 Å². The number of amides is 2. The molecule has 0 spiro atoms. The molecule has 6 nitrogen and oxygen atoms in total. The molecule has 3 N–H and O–H groups in total. The van der Waals surface area contributed by atoms with Crippen molar-refractivity contribution in [3.8, 4) is 0 Å². The van der Waals surface area contributed by atoms with Crippen LogP contribution < -0.4 is 10.6 Å². The number of carboxylic acid groups (broad SMARTS) is 1. The van der Waals surface area contributed by atoms with Crippen molar-refractivity contribution in [3.05, 3.63) is 77.9 Å². The minimum Gasteiger partial charge on any atom is -0.481 e. The smallest absolute Gasteiger partial charge is 0.307 e. The van der Waals surface area contributed by atoms with Crippen molar-refractivity contribution in [3.63, 3.8) is 0 Å². The Morgan fingerprint density at radius 1 is 0.897 bits per heavy atom. The third-order valence-electron chi connectivity index (χ3n) is 5.76. The van der Waals surface area contributed by atoms with Crippen LogP contribution in [0, 0.1) is 23.7 Å². The molecule has 1 saturated carbocycles. The monoisotopic (exact) mass is 390 g/mol. The highest BCUT2D eigenvalue weighted by Gasteiger charge is 2.51. The minimum absolute atomic E-state index is 0.0239. The number of rotatable bonds is 6. The summed E-state index contributed by atoms with van der Waals surface area (Å²) in [5.41, 5.74) is 2.05. The molecule has 4 unspecified atom stereocenters. The fourth-order valence-electron chi connectivity index (χ4n) is 4.33. The molecule has 2 aliphatic carbocycles. The molecule has 2 amide bonds. The summed E-state index contributed by atoms with van der Waals surface area (Å²) in [6.45, 7) is 0.437. The molecule has 4 atom stereocenters. The van der Waals surface area contributed by atoms with Gasteiger partial charge in [-0.3, -0.25) is 14.4 Å². The molecule has 2 aromatic carbocycles. The molecule has 2 bridgehead atoms. The second-order valence-corrected chi connectivity index (χ2v) is 7.57. The average molecular weight is 390 g/mol. The van der Waals surface area contributed by atoms with Gasteiger partial charge in [-0.1, -0.05) is 42.5 Å². The van der Waals surface area contributed by atoms with Crippen LogP contribution in [0.2, 0.25) is 0 Å². The molecule has 6 heteroatoms. The van der Waals surface area contributed by atoms with Crippen LogP contribution in [0.15, 0.2) is 66.7 Å². The zero-order chi connectivity index (χ0) is 20.4. The molecule has 2 aliphatic rings. The predicted octanol–water partition coefficient (Wildman–Crippen LogP) is 3.08. The van der Waals surface area contributed by atoms with Crippen molar-refractivity contribution < 1.29 is 19.5 Å². The maximum Gasteiger partial charge on any atom is 0.307 e. The Kier molecular flexibility index (Phi) is 5.16. The summed E-state index contributed by atoms with van der Waals surface area (Å²) in [7, 11) is 0. The quantitative estimate of drug-likeness (QED) is 0.661. The van der Waals surface area contributed by atoms with E-state index in [-0.39, 0.29) is 23.7 Å². The van der Waals surface area contributed by atoms with E-state index in [1.165, 1.54) is 0 Å². The van der Waals surface area contributed by atoms with E-state index in [1.807, 2.05) is 42.5 Å². The molecule has 148 valence electrons. The van der Waals surface area contributed by atoms with E-state index in [2.05, 4.69) is 10.6 Å². The minimum atomic E-state index is -0.924. The number of nitrogens with one attached hydrogen (secondary N) is 2. The van der Waals surface area contributed by atoms with Crippen molar-refractivity contribution in [2.24, 2.45) is 23.7 Å². The molecule has 0 aliphatic heterocycles. The third kappa shape index (κ3) is 3.92. The number of carboxylic acids is 1. The van der Waals surface area contributed by atoms with Gasteiger partial charge in [0.05, 0.1) is 11.8 Å². The lowest BCUT2D eigenvalue weighted by atomic mass is 9.82. The van der Waals surface area contributed by atoms with Gasteiger partial charge in [-0.25, -0.2) is 0 Å². The normalized spacial score (nSPS) is 24.3. The molecule has 0 radical (unpaired) electrons. The SMILES string of the molecule is O=C(NCc1ccccc1)c1ccc(NC(=O)C2C3C=CC(C3)C2C(=O)O)cc1. The number of fused-ring (bicyclic) bond motifs is 2. The Hall–Kier alpha value is -3.41. The van der Waals surface area contributed by atoms with Crippen LogP contribution >= 0.6 is 0 Å². The van der Waals surface area contributed by atoms with Crippen molar-refractivity contribution in [2.75, 3.05) is 5.32 Å². The molecule has 1 fully saturated rings. The van der Waals surface area contributed by atoms with Crippen LogP contribution in [-0.2, 0) is 16.1 Å². The molecular formula is C23H22N2O4. The Bertz CT molecular complexity index is 953. The number of hydrogen-bond acceptors (Lipinski definition) is 3. The molecule has 2 aromatic rings. The maximum absolute atomic E-state index is 12.7. The number of anilines is 1. The summed E-state index contributed by atoms with van der Waals surface area (Å²) in [5.74, 6) is -2.73. The van der Waals surface area contributed by atoms with Gasteiger partial charge in [0.2, 0.25) is 5.91 Å². The topological polar surface area (TPSA) is 95.5 Å². The lowest BCUT2D eigenvalue weighted by Crippen LogP contribution is -2.36. The van der Waals surface area contributed by atoms with Gasteiger partial charge >= 0.3 is 5.97 Å². The van der Waals surface area contributed by atoms with Gasteiger partial charge in [0, 0.05) is 17.8 Å². The molecule has 0 saturated heterocycles. The van der Waals surface area contributed by atoms with Crippen molar-refractivity contribution in [2.45, 2.75) is 13.0 Å². The maximum atomic E-state index is 12.7. The van der Waals surface area contributed by atoms with Crippen LogP contribution in [0.5, 0.6) is 0 Å². The Morgan fingerprint density at radius 2 is 1.55 bits per heavy atom. The Morgan fingerprint density at radius 3 is 2.21 bits per heavy atom. The summed E-state index contributed by atoms with van der Waals surface area (Å²) in [4.78, 5) is 36.6.